The van der Waals surface area contributed by atoms with Crippen molar-refractivity contribution >= 4 is 34.3 Å². The van der Waals surface area contributed by atoms with E-state index in [2.05, 4.69) is 15.6 Å². The molecule has 0 saturated carbocycles. The summed E-state index contributed by atoms with van der Waals surface area (Å²) in [6.07, 6.45) is 0. The number of aromatic nitrogens is 1. The van der Waals surface area contributed by atoms with Crippen molar-refractivity contribution in [3.05, 3.63) is 40.9 Å². The summed E-state index contributed by atoms with van der Waals surface area (Å²) in [4.78, 5) is 42.8. The molecule has 148 valence electrons. The van der Waals surface area contributed by atoms with Crippen LogP contribution in [-0.4, -0.2) is 41.4 Å². The zero-order valence-corrected chi connectivity index (χ0v) is 16.9. The zero-order valence-electron chi connectivity index (χ0n) is 16.1. The largest absolute Gasteiger partial charge is 0.497 e. The van der Waals surface area contributed by atoms with Crippen LogP contribution in [0, 0.1) is 0 Å². The van der Waals surface area contributed by atoms with Crippen LogP contribution in [0.25, 0.3) is 0 Å². The summed E-state index contributed by atoms with van der Waals surface area (Å²) in [5, 5.41) is 7.63. The minimum absolute atomic E-state index is 0.248. The molecule has 2 heterocycles. The molecule has 0 aliphatic carbocycles. The van der Waals surface area contributed by atoms with Gasteiger partial charge in [0.1, 0.15) is 17.8 Å². The summed E-state index contributed by atoms with van der Waals surface area (Å²) in [6, 6.07) is 6.24. The van der Waals surface area contributed by atoms with E-state index >= 15 is 0 Å². The first-order chi connectivity index (χ1) is 13.2. The van der Waals surface area contributed by atoms with Gasteiger partial charge in [-0.2, -0.15) is 0 Å². The number of methoxy groups -OCH3 is 1. The highest BCUT2D eigenvalue weighted by Crippen LogP contribution is 2.30. The number of rotatable bonds is 6. The van der Waals surface area contributed by atoms with E-state index in [0.717, 1.165) is 10.6 Å². The molecule has 4 amide bonds. The average Bonchev–Trinajstić information content (AvgIpc) is 3.21. The van der Waals surface area contributed by atoms with E-state index in [1.807, 2.05) is 19.2 Å². The smallest absolute Gasteiger partial charge is 0.325 e. The van der Waals surface area contributed by atoms with Crippen LogP contribution < -0.4 is 15.4 Å². The first-order valence-electron chi connectivity index (χ1n) is 8.78. The summed E-state index contributed by atoms with van der Waals surface area (Å²) in [6.45, 7) is 5.25. The molecular weight excluding hydrogens is 380 g/mol. The number of nitrogens with zero attached hydrogens (tertiary/aromatic N) is 2. The standard InChI is InChI=1S/C19H22N4O4S/c1-11(2)14-10-28-17(20-14)21-15(24)9-23-16(25)19(3,22-18(23)26)12-5-7-13(27-4)8-6-12/h5-8,10-11H,9H2,1-4H3,(H,22,26)(H,20,21,24)/t19-/m1/s1. The second-order valence-corrected chi connectivity index (χ2v) is 7.81. The Balaban J connectivity index is 1.71. The molecule has 9 heteroatoms. The third-order valence-electron chi connectivity index (χ3n) is 4.60. The first-order valence-corrected chi connectivity index (χ1v) is 9.66. The van der Waals surface area contributed by atoms with E-state index in [-0.39, 0.29) is 12.5 Å². The Labute approximate surface area is 166 Å². The summed E-state index contributed by atoms with van der Waals surface area (Å²) in [7, 11) is 1.55. The van der Waals surface area contributed by atoms with Crippen molar-refractivity contribution in [2.45, 2.75) is 32.2 Å². The van der Waals surface area contributed by atoms with Gasteiger partial charge < -0.3 is 15.4 Å². The number of anilines is 1. The van der Waals surface area contributed by atoms with Crippen LogP contribution in [0.1, 0.15) is 37.9 Å². The highest BCUT2D eigenvalue weighted by molar-refractivity contribution is 7.13. The number of hydrogen-bond donors (Lipinski definition) is 2. The highest BCUT2D eigenvalue weighted by atomic mass is 32.1. The molecule has 0 unspecified atom stereocenters. The molecule has 3 rings (SSSR count). The fourth-order valence-electron chi connectivity index (χ4n) is 2.87. The Morgan fingerprint density at radius 1 is 1.32 bits per heavy atom. The lowest BCUT2D eigenvalue weighted by Gasteiger charge is -2.22. The molecular formula is C19H22N4O4S. The van der Waals surface area contributed by atoms with Gasteiger partial charge in [-0.1, -0.05) is 26.0 Å². The van der Waals surface area contributed by atoms with Gasteiger partial charge in [0, 0.05) is 5.38 Å². The van der Waals surface area contributed by atoms with Crippen molar-refractivity contribution in [1.82, 2.24) is 15.2 Å². The van der Waals surface area contributed by atoms with Gasteiger partial charge in [-0.3, -0.25) is 14.5 Å². The van der Waals surface area contributed by atoms with Crippen LogP contribution in [0.4, 0.5) is 9.93 Å². The van der Waals surface area contributed by atoms with E-state index < -0.39 is 23.4 Å². The van der Waals surface area contributed by atoms with E-state index in [9.17, 15) is 14.4 Å². The lowest BCUT2D eigenvalue weighted by molar-refractivity contribution is -0.133. The maximum Gasteiger partial charge on any atom is 0.325 e. The molecule has 0 radical (unpaired) electrons. The SMILES string of the molecule is COc1ccc([C@@]2(C)NC(=O)N(CC(=O)Nc3nc(C(C)C)cs3)C2=O)cc1. The molecule has 1 aliphatic rings. The summed E-state index contributed by atoms with van der Waals surface area (Å²) < 4.78 is 5.12. The first kappa shape index (κ1) is 19.8. The van der Waals surface area contributed by atoms with Crippen molar-refractivity contribution in [1.29, 1.82) is 0 Å². The molecule has 1 saturated heterocycles. The predicted octanol–water partition coefficient (Wildman–Crippen LogP) is 2.68. The molecule has 1 atom stereocenters. The quantitative estimate of drug-likeness (QED) is 0.724. The van der Waals surface area contributed by atoms with Crippen molar-refractivity contribution in [2.24, 2.45) is 0 Å². The number of urea groups is 1. The topological polar surface area (TPSA) is 101 Å². The Morgan fingerprint density at radius 2 is 2.00 bits per heavy atom. The number of imide groups is 1. The van der Waals surface area contributed by atoms with Crippen LogP contribution in [-0.2, 0) is 15.1 Å². The maximum absolute atomic E-state index is 12.9. The van der Waals surface area contributed by atoms with Gasteiger partial charge in [-0.15, -0.1) is 11.3 Å². The summed E-state index contributed by atoms with van der Waals surface area (Å²) in [5.41, 5.74) is 0.244. The van der Waals surface area contributed by atoms with Crippen LogP contribution >= 0.6 is 11.3 Å². The van der Waals surface area contributed by atoms with Crippen molar-refractivity contribution in [3.8, 4) is 5.75 Å². The van der Waals surface area contributed by atoms with Crippen LogP contribution in [0.15, 0.2) is 29.6 Å². The Morgan fingerprint density at radius 3 is 2.57 bits per heavy atom. The summed E-state index contributed by atoms with van der Waals surface area (Å²) >= 11 is 1.31. The molecule has 1 aromatic heterocycles. The highest BCUT2D eigenvalue weighted by Gasteiger charge is 2.49. The number of benzene rings is 1. The van der Waals surface area contributed by atoms with Crippen molar-refractivity contribution < 1.29 is 19.1 Å². The third kappa shape index (κ3) is 3.70. The lowest BCUT2D eigenvalue weighted by atomic mass is 9.92. The molecule has 0 spiro atoms. The number of amides is 4. The number of nitrogens with one attached hydrogen (secondary N) is 2. The minimum Gasteiger partial charge on any atom is -0.497 e. The van der Waals surface area contributed by atoms with Gasteiger partial charge in [0.25, 0.3) is 5.91 Å². The van der Waals surface area contributed by atoms with Crippen molar-refractivity contribution in [3.63, 3.8) is 0 Å². The van der Waals surface area contributed by atoms with Crippen LogP contribution in [0.3, 0.4) is 0 Å². The average molecular weight is 402 g/mol. The summed E-state index contributed by atoms with van der Waals surface area (Å²) in [5.74, 6) is -0.0745. The molecule has 1 aliphatic heterocycles. The molecule has 2 N–H and O–H groups in total. The fraction of sp³-hybridized carbons (Fsp3) is 0.368. The van der Waals surface area contributed by atoms with Gasteiger partial charge in [0.05, 0.1) is 12.8 Å². The Bertz CT molecular complexity index is 909. The minimum atomic E-state index is -1.24. The normalized spacial score (nSPS) is 19.1. The molecule has 1 aromatic carbocycles. The van der Waals surface area contributed by atoms with E-state index in [1.165, 1.54) is 11.3 Å². The number of carbonyl (C=O) groups excluding carboxylic acids is 3. The third-order valence-corrected chi connectivity index (χ3v) is 5.38. The Hall–Kier alpha value is -2.94. The van der Waals surface area contributed by atoms with Crippen LogP contribution in [0.2, 0.25) is 0 Å². The molecule has 1 fully saturated rings. The molecule has 2 aromatic rings. The Kier molecular flexibility index (Phi) is 5.37. The number of hydrogen-bond acceptors (Lipinski definition) is 6. The fourth-order valence-corrected chi connectivity index (χ4v) is 3.76. The monoisotopic (exact) mass is 402 g/mol. The van der Waals surface area contributed by atoms with Crippen molar-refractivity contribution in [2.75, 3.05) is 19.0 Å². The van der Waals surface area contributed by atoms with Gasteiger partial charge in [-0.25, -0.2) is 9.78 Å². The van der Waals surface area contributed by atoms with E-state index in [4.69, 9.17) is 4.74 Å². The molecule has 8 nitrogen and oxygen atoms in total. The van der Waals surface area contributed by atoms with E-state index in [1.54, 1.807) is 38.3 Å². The number of carbonyl (C=O) groups is 3. The van der Waals surface area contributed by atoms with Gasteiger partial charge >= 0.3 is 6.03 Å². The van der Waals surface area contributed by atoms with Gasteiger partial charge in [-0.05, 0) is 30.5 Å². The lowest BCUT2D eigenvalue weighted by Crippen LogP contribution is -2.42. The second-order valence-electron chi connectivity index (χ2n) is 6.96. The molecule has 0 bridgehead atoms. The number of ether oxygens (including phenoxy) is 1. The van der Waals surface area contributed by atoms with Gasteiger partial charge in [0.15, 0.2) is 5.13 Å². The van der Waals surface area contributed by atoms with Gasteiger partial charge in [0.2, 0.25) is 5.91 Å². The van der Waals surface area contributed by atoms with E-state index in [0.29, 0.717) is 16.4 Å². The molecule has 28 heavy (non-hydrogen) atoms. The number of thiazole rings is 1. The van der Waals surface area contributed by atoms with Crippen LogP contribution in [0.5, 0.6) is 5.75 Å². The maximum atomic E-state index is 12.9. The predicted molar refractivity (Wildman–Crippen MR) is 105 cm³/mol. The second kappa shape index (κ2) is 7.59. The zero-order chi connectivity index (χ0) is 20.5.